The minimum atomic E-state index is -2.24. The standard InChI is InChI=1S/C3Cl6O3.CCl4.CCl2O.CO2/c4-2(5,6)11-1(10)12-3(7,8)9;2-1(3,4)5;2-1(3)4;2-1-3. The highest BCUT2D eigenvalue weighted by Crippen LogP contribution is 2.32. The van der Waals surface area contributed by atoms with Gasteiger partial charge >= 0.3 is 25.0 Å². The molecule has 6 nitrogen and oxygen atoms in total. The van der Waals surface area contributed by atoms with Gasteiger partial charge in [0.25, 0.3) is 3.25 Å². The molecule has 24 heavy (non-hydrogen) atoms. The van der Waals surface area contributed by atoms with Crippen molar-refractivity contribution >= 4 is 156 Å². The zero-order valence-electron chi connectivity index (χ0n) is 9.99. The van der Waals surface area contributed by atoms with Crippen LogP contribution in [0.5, 0.6) is 0 Å². The maximum absolute atomic E-state index is 10.5. The SMILES string of the molecule is ClC(Cl)(Cl)Cl.O=C(Cl)Cl.O=C(OC(Cl)(Cl)Cl)OC(Cl)(Cl)Cl.O=C=O. The normalized spacial score (nSPS) is 10.2. The third kappa shape index (κ3) is 88.9. The van der Waals surface area contributed by atoms with E-state index < -0.39 is 22.1 Å². The number of rotatable bonds is 0. The minimum Gasteiger partial charge on any atom is -0.382 e. The van der Waals surface area contributed by atoms with Crippen molar-refractivity contribution in [2.75, 3.05) is 0 Å². The van der Waals surface area contributed by atoms with Crippen LogP contribution in [0, 0.1) is 0 Å². The van der Waals surface area contributed by atoms with Crippen LogP contribution in [0.2, 0.25) is 0 Å². The molecule has 0 aromatic carbocycles. The molecule has 144 valence electrons. The van der Waals surface area contributed by atoms with Gasteiger partial charge in [-0.25, -0.2) is 4.79 Å². The van der Waals surface area contributed by atoms with Crippen molar-refractivity contribution in [3.8, 4) is 0 Å². The Morgan fingerprint density at radius 2 is 0.792 bits per heavy atom. The van der Waals surface area contributed by atoms with Crippen molar-refractivity contribution in [2.45, 2.75) is 11.2 Å². The maximum Gasteiger partial charge on any atom is 0.515 e. The Kier molecular flexibility index (Phi) is 23.6. The van der Waals surface area contributed by atoms with Gasteiger partial charge in [-0.1, -0.05) is 46.4 Å². The lowest BCUT2D eigenvalue weighted by Crippen LogP contribution is -2.22. The second kappa shape index (κ2) is 16.9. The lowest BCUT2D eigenvalue weighted by atomic mass is 11.3. The van der Waals surface area contributed by atoms with Crippen molar-refractivity contribution in [1.82, 2.24) is 0 Å². The fraction of sp³-hybridized carbons (Fsp3) is 0.500. The minimum absolute atomic E-state index is 0.250. The predicted octanol–water partition coefficient (Wildman–Crippen LogP) is 7.35. The number of carbonyl (C=O) groups is 2. The van der Waals surface area contributed by atoms with Crippen LogP contribution in [0.4, 0.5) is 9.59 Å². The van der Waals surface area contributed by atoms with Crippen LogP contribution in [0.1, 0.15) is 0 Å². The first kappa shape index (κ1) is 33.4. The zero-order valence-corrected chi connectivity index (χ0v) is 19.1. The van der Waals surface area contributed by atoms with Gasteiger partial charge < -0.3 is 9.47 Å². The molecular weight excluding hydrogens is 593 g/mol. The topological polar surface area (TPSA) is 86.7 Å². The summed E-state index contributed by atoms with van der Waals surface area (Å²) < 4.78 is 1.00. The summed E-state index contributed by atoms with van der Waals surface area (Å²) in [6, 6.07) is 0. The van der Waals surface area contributed by atoms with Gasteiger partial charge in [-0.2, -0.15) is 9.59 Å². The molecule has 0 aliphatic carbocycles. The Labute approximate surface area is 194 Å². The molecule has 0 rings (SSSR count). The molecule has 0 radical (unpaired) electrons. The molecule has 18 heteroatoms. The van der Waals surface area contributed by atoms with Crippen LogP contribution in [-0.4, -0.2) is 28.2 Å². The molecule has 0 aromatic heterocycles. The Balaban J connectivity index is -0.000000137. The van der Waals surface area contributed by atoms with Gasteiger partial charge in [-0.05, 0) is 92.8 Å². The highest BCUT2D eigenvalue weighted by molar-refractivity contribution is 6.93. The molecule has 0 bridgehead atoms. The average Bonchev–Trinajstić information content (AvgIpc) is 2.06. The number of hydrogen-bond donors (Lipinski definition) is 0. The van der Waals surface area contributed by atoms with Gasteiger partial charge in [0.05, 0.1) is 0 Å². The van der Waals surface area contributed by atoms with E-state index in [1.807, 2.05) is 0 Å². The van der Waals surface area contributed by atoms with Crippen molar-refractivity contribution in [1.29, 1.82) is 0 Å². The van der Waals surface area contributed by atoms with E-state index in [1.165, 1.54) is 0 Å². The lowest BCUT2D eigenvalue weighted by molar-refractivity contribution is -0.191. The lowest BCUT2D eigenvalue weighted by Gasteiger charge is -2.15. The number of ether oxygens (including phenoxy) is 2. The molecule has 0 amide bonds. The first-order chi connectivity index (χ1) is 10.2. The Morgan fingerprint density at radius 1 is 0.667 bits per heavy atom. The van der Waals surface area contributed by atoms with Crippen LogP contribution in [0.25, 0.3) is 0 Å². The summed E-state index contributed by atoms with van der Waals surface area (Å²) in [4.78, 5) is 35.7. The Morgan fingerprint density at radius 3 is 0.875 bits per heavy atom. The number of halogens is 12. The Bertz CT molecular complexity index is 360. The van der Waals surface area contributed by atoms with Crippen LogP contribution in [0.3, 0.4) is 0 Å². The highest BCUT2D eigenvalue weighted by atomic mass is 35.6. The van der Waals surface area contributed by atoms with Gasteiger partial charge in [0.1, 0.15) is 0 Å². The summed E-state index contributed by atoms with van der Waals surface area (Å²) in [7, 11) is 0. The fourth-order valence-electron chi connectivity index (χ4n) is 0.210. The summed E-state index contributed by atoms with van der Waals surface area (Å²) in [5.41, 5.74) is 0. The van der Waals surface area contributed by atoms with E-state index in [9.17, 15) is 4.79 Å². The van der Waals surface area contributed by atoms with Gasteiger partial charge in [0.2, 0.25) is 0 Å². The summed E-state index contributed by atoms with van der Waals surface area (Å²) in [5, 5.41) is 0. The molecule has 0 saturated carbocycles. The highest BCUT2D eigenvalue weighted by Gasteiger charge is 2.32. The van der Waals surface area contributed by atoms with E-state index in [0.717, 1.165) is 0 Å². The molecule has 0 N–H and O–H groups in total. The Hall–Kier alpha value is 1.80. The van der Waals surface area contributed by atoms with Crippen LogP contribution < -0.4 is 0 Å². The summed E-state index contributed by atoms with van der Waals surface area (Å²) in [6.07, 6.45) is -1.16. The van der Waals surface area contributed by atoms with E-state index in [1.54, 1.807) is 0 Å². The molecule has 0 aromatic rings. The molecule has 0 aliphatic rings. The molecule has 0 fully saturated rings. The van der Waals surface area contributed by atoms with Crippen molar-refractivity contribution in [3.63, 3.8) is 0 Å². The van der Waals surface area contributed by atoms with Crippen molar-refractivity contribution < 1.29 is 28.7 Å². The number of alkyl halides is 10. The van der Waals surface area contributed by atoms with E-state index in [2.05, 4.69) is 32.7 Å². The van der Waals surface area contributed by atoms with Gasteiger partial charge in [-0.15, -0.1) is 0 Å². The first-order valence-electron chi connectivity index (χ1n) is 3.90. The molecule has 0 atom stereocenters. The number of carbonyl (C=O) groups excluding carboxylic acids is 4. The maximum atomic E-state index is 10.5. The van der Waals surface area contributed by atoms with Crippen LogP contribution in [0.15, 0.2) is 0 Å². The molecule has 0 aliphatic heterocycles. The molecule has 0 unspecified atom stereocenters. The molecule has 0 saturated heterocycles. The van der Waals surface area contributed by atoms with E-state index in [4.69, 9.17) is 130 Å². The van der Waals surface area contributed by atoms with Gasteiger partial charge in [0.15, 0.2) is 0 Å². The molecule has 0 heterocycles. The van der Waals surface area contributed by atoms with E-state index >= 15 is 0 Å². The van der Waals surface area contributed by atoms with E-state index in [-0.39, 0.29) is 6.15 Å². The quantitative estimate of drug-likeness (QED) is 0.166. The summed E-state index contributed by atoms with van der Waals surface area (Å²) in [5.74, 6) is 0. The second-order valence-corrected chi connectivity index (χ2v) is 10.7. The molecular formula is C6Cl12O6. The van der Waals surface area contributed by atoms with Gasteiger partial charge in [0, 0.05) is 0 Å². The first-order valence-corrected chi connectivity index (χ1v) is 8.44. The largest absolute Gasteiger partial charge is 0.515 e. The van der Waals surface area contributed by atoms with Gasteiger partial charge in [-0.3, -0.25) is 4.79 Å². The van der Waals surface area contributed by atoms with Crippen LogP contribution >= 0.6 is 139 Å². The number of hydrogen-bond acceptors (Lipinski definition) is 6. The monoisotopic (exact) mass is 588 g/mol. The average molecular weight is 593 g/mol. The third-order valence-electron chi connectivity index (χ3n) is 0.398. The zero-order chi connectivity index (χ0) is 20.8. The van der Waals surface area contributed by atoms with Crippen molar-refractivity contribution in [3.05, 3.63) is 0 Å². The van der Waals surface area contributed by atoms with Crippen molar-refractivity contribution in [2.24, 2.45) is 0 Å². The predicted molar refractivity (Wildman–Crippen MR) is 96.4 cm³/mol. The smallest absolute Gasteiger partial charge is 0.382 e. The summed E-state index contributed by atoms with van der Waals surface area (Å²) >= 11 is 58.3. The third-order valence-corrected chi connectivity index (χ3v) is 0.861. The fourth-order valence-corrected chi connectivity index (χ4v) is 0.588. The second-order valence-electron chi connectivity index (χ2n) is 2.08. The molecule has 0 spiro atoms. The summed E-state index contributed by atoms with van der Waals surface area (Å²) in [6.45, 7) is 0. The van der Waals surface area contributed by atoms with Crippen LogP contribution in [-0.2, 0) is 19.1 Å². The van der Waals surface area contributed by atoms with E-state index in [0.29, 0.717) is 0 Å².